The first-order valence-electron chi connectivity index (χ1n) is 7.98. The minimum absolute atomic E-state index is 0.319. The maximum absolute atomic E-state index is 12.7. The minimum Gasteiger partial charge on any atom is -0.378 e. The van der Waals surface area contributed by atoms with Crippen molar-refractivity contribution in [3.05, 3.63) is 53.6 Å². The molecule has 0 spiro atoms. The van der Waals surface area contributed by atoms with Gasteiger partial charge in [0.25, 0.3) is 10.0 Å². The molecule has 5 nitrogen and oxygen atoms in total. The summed E-state index contributed by atoms with van der Waals surface area (Å²) in [5.74, 6) is 0. The summed E-state index contributed by atoms with van der Waals surface area (Å²) >= 11 is 0. The van der Waals surface area contributed by atoms with Crippen molar-refractivity contribution in [2.24, 2.45) is 0 Å². The summed E-state index contributed by atoms with van der Waals surface area (Å²) in [7, 11) is -3.61. The van der Waals surface area contributed by atoms with E-state index in [0.717, 1.165) is 29.9 Å². The number of morpholine rings is 1. The van der Waals surface area contributed by atoms with E-state index in [-0.39, 0.29) is 0 Å². The monoisotopic (exact) mass is 346 g/mol. The van der Waals surface area contributed by atoms with Crippen LogP contribution in [0.2, 0.25) is 0 Å². The molecule has 0 amide bonds. The van der Waals surface area contributed by atoms with Gasteiger partial charge in [-0.25, -0.2) is 8.42 Å². The lowest BCUT2D eigenvalue weighted by Gasteiger charge is -2.29. The highest BCUT2D eigenvalue weighted by atomic mass is 32.2. The molecule has 0 bridgehead atoms. The van der Waals surface area contributed by atoms with Gasteiger partial charge in [-0.3, -0.25) is 4.72 Å². The second-order valence-corrected chi connectivity index (χ2v) is 7.68. The predicted molar refractivity (Wildman–Crippen MR) is 96.2 cm³/mol. The number of hydrogen-bond donors (Lipinski definition) is 1. The van der Waals surface area contributed by atoms with Gasteiger partial charge in [-0.05, 0) is 49.2 Å². The van der Waals surface area contributed by atoms with Crippen LogP contribution in [0.15, 0.2) is 47.4 Å². The molecule has 24 heavy (non-hydrogen) atoms. The molecule has 0 aromatic heterocycles. The molecule has 1 heterocycles. The van der Waals surface area contributed by atoms with Crippen molar-refractivity contribution in [2.75, 3.05) is 35.9 Å². The number of nitrogens with zero attached hydrogens (tertiary/aromatic N) is 1. The van der Waals surface area contributed by atoms with Crippen molar-refractivity contribution < 1.29 is 13.2 Å². The molecule has 1 aliphatic rings. The molecule has 0 saturated carbocycles. The summed E-state index contributed by atoms with van der Waals surface area (Å²) in [4.78, 5) is 2.51. The molecule has 1 saturated heterocycles. The Morgan fingerprint density at radius 3 is 2.54 bits per heavy atom. The summed E-state index contributed by atoms with van der Waals surface area (Å²) in [6.45, 7) is 6.70. The number of nitrogens with one attached hydrogen (secondary N) is 1. The fourth-order valence-corrected chi connectivity index (χ4v) is 4.17. The second-order valence-electron chi connectivity index (χ2n) is 6.02. The Morgan fingerprint density at radius 1 is 1.04 bits per heavy atom. The van der Waals surface area contributed by atoms with Gasteiger partial charge in [-0.2, -0.15) is 0 Å². The maximum Gasteiger partial charge on any atom is 0.262 e. The van der Waals surface area contributed by atoms with Gasteiger partial charge in [-0.1, -0.05) is 18.2 Å². The van der Waals surface area contributed by atoms with Crippen LogP contribution in [-0.4, -0.2) is 34.7 Å². The molecule has 2 aromatic carbocycles. The predicted octanol–water partition coefficient (Wildman–Crippen LogP) is 2.94. The first-order chi connectivity index (χ1) is 11.5. The Labute approximate surface area is 143 Å². The van der Waals surface area contributed by atoms with Crippen LogP contribution in [-0.2, 0) is 14.8 Å². The topological polar surface area (TPSA) is 58.6 Å². The number of benzene rings is 2. The normalized spacial score (nSPS) is 15.3. The lowest BCUT2D eigenvalue weighted by atomic mass is 10.2. The van der Waals surface area contributed by atoms with Crippen LogP contribution in [0, 0.1) is 13.8 Å². The van der Waals surface area contributed by atoms with Gasteiger partial charge in [0.2, 0.25) is 0 Å². The van der Waals surface area contributed by atoms with E-state index in [9.17, 15) is 8.42 Å². The number of anilines is 2. The average Bonchev–Trinajstić information content (AvgIpc) is 2.57. The van der Waals surface area contributed by atoms with Crippen LogP contribution in [0.5, 0.6) is 0 Å². The minimum atomic E-state index is -3.61. The van der Waals surface area contributed by atoms with Gasteiger partial charge in [0, 0.05) is 18.8 Å². The Morgan fingerprint density at radius 2 is 1.79 bits per heavy atom. The Kier molecular flexibility index (Phi) is 4.78. The summed E-state index contributed by atoms with van der Waals surface area (Å²) in [6, 6.07) is 12.9. The van der Waals surface area contributed by atoms with E-state index in [1.165, 1.54) is 0 Å². The molecule has 128 valence electrons. The molecule has 1 fully saturated rings. The SMILES string of the molecule is Cc1ccc(C)c(S(=O)(=O)Nc2cccc(N3CCOCC3)c2)c1. The summed E-state index contributed by atoms with van der Waals surface area (Å²) in [6.07, 6.45) is 0. The van der Waals surface area contributed by atoms with Gasteiger partial charge in [-0.15, -0.1) is 0 Å². The zero-order valence-electron chi connectivity index (χ0n) is 14.0. The van der Waals surface area contributed by atoms with Crippen LogP contribution in [0.1, 0.15) is 11.1 Å². The highest BCUT2D eigenvalue weighted by molar-refractivity contribution is 7.92. The molecule has 2 aromatic rings. The van der Waals surface area contributed by atoms with Gasteiger partial charge in [0.1, 0.15) is 0 Å². The van der Waals surface area contributed by atoms with Gasteiger partial charge < -0.3 is 9.64 Å². The number of aryl methyl sites for hydroxylation is 2. The summed E-state index contributed by atoms with van der Waals surface area (Å²) in [5, 5.41) is 0. The average molecular weight is 346 g/mol. The zero-order chi connectivity index (χ0) is 17.2. The van der Waals surface area contributed by atoms with E-state index in [1.54, 1.807) is 19.1 Å². The van der Waals surface area contributed by atoms with Gasteiger partial charge in [0.15, 0.2) is 0 Å². The molecule has 0 unspecified atom stereocenters. The quantitative estimate of drug-likeness (QED) is 0.925. The van der Waals surface area contributed by atoms with E-state index < -0.39 is 10.0 Å². The van der Waals surface area contributed by atoms with Gasteiger partial charge >= 0.3 is 0 Å². The molecule has 1 N–H and O–H groups in total. The van der Waals surface area contributed by atoms with Crippen molar-refractivity contribution >= 4 is 21.4 Å². The molecule has 6 heteroatoms. The van der Waals surface area contributed by atoms with Crippen molar-refractivity contribution in [2.45, 2.75) is 18.7 Å². The fourth-order valence-electron chi connectivity index (χ4n) is 2.79. The van der Waals surface area contributed by atoms with E-state index in [1.807, 2.05) is 37.3 Å². The molecule has 0 radical (unpaired) electrons. The van der Waals surface area contributed by atoms with Gasteiger partial charge in [0.05, 0.1) is 23.8 Å². The van der Waals surface area contributed by atoms with Crippen LogP contribution in [0.4, 0.5) is 11.4 Å². The van der Waals surface area contributed by atoms with Crippen LogP contribution >= 0.6 is 0 Å². The number of rotatable bonds is 4. The Balaban J connectivity index is 1.86. The van der Waals surface area contributed by atoms with E-state index in [4.69, 9.17) is 4.74 Å². The third-order valence-electron chi connectivity index (χ3n) is 4.11. The number of hydrogen-bond acceptors (Lipinski definition) is 4. The highest BCUT2D eigenvalue weighted by Gasteiger charge is 2.18. The highest BCUT2D eigenvalue weighted by Crippen LogP contribution is 2.24. The second kappa shape index (κ2) is 6.83. The summed E-state index contributed by atoms with van der Waals surface area (Å²) < 4.78 is 33.5. The van der Waals surface area contributed by atoms with Crippen molar-refractivity contribution in [1.82, 2.24) is 0 Å². The molecule has 0 atom stereocenters. The Bertz CT molecular complexity index is 828. The lowest BCUT2D eigenvalue weighted by Crippen LogP contribution is -2.36. The standard InChI is InChI=1S/C18H22N2O3S/c1-14-6-7-15(2)18(12-14)24(21,22)19-16-4-3-5-17(13-16)20-8-10-23-11-9-20/h3-7,12-13,19H,8-11H2,1-2H3. The smallest absolute Gasteiger partial charge is 0.262 e. The largest absolute Gasteiger partial charge is 0.378 e. The molecular weight excluding hydrogens is 324 g/mol. The van der Waals surface area contributed by atoms with Crippen LogP contribution in [0.3, 0.4) is 0 Å². The molecule has 3 rings (SSSR count). The van der Waals surface area contributed by atoms with E-state index >= 15 is 0 Å². The van der Waals surface area contributed by atoms with E-state index in [0.29, 0.717) is 23.8 Å². The van der Waals surface area contributed by atoms with Crippen LogP contribution in [0.25, 0.3) is 0 Å². The fraction of sp³-hybridized carbons (Fsp3) is 0.333. The van der Waals surface area contributed by atoms with Crippen molar-refractivity contribution in [1.29, 1.82) is 0 Å². The third-order valence-corrected chi connectivity index (χ3v) is 5.63. The first-order valence-corrected chi connectivity index (χ1v) is 9.47. The first kappa shape index (κ1) is 16.8. The van der Waals surface area contributed by atoms with Crippen molar-refractivity contribution in [3.8, 4) is 0 Å². The molecule has 0 aliphatic carbocycles. The molecule has 1 aliphatic heterocycles. The van der Waals surface area contributed by atoms with E-state index in [2.05, 4.69) is 9.62 Å². The zero-order valence-corrected chi connectivity index (χ0v) is 14.8. The maximum atomic E-state index is 12.7. The van der Waals surface area contributed by atoms with Crippen LogP contribution < -0.4 is 9.62 Å². The lowest BCUT2D eigenvalue weighted by molar-refractivity contribution is 0.122. The number of sulfonamides is 1. The number of ether oxygens (including phenoxy) is 1. The van der Waals surface area contributed by atoms with Crippen molar-refractivity contribution in [3.63, 3.8) is 0 Å². The Hall–Kier alpha value is -2.05. The summed E-state index contributed by atoms with van der Waals surface area (Å²) in [5.41, 5.74) is 3.22. The molecular formula is C18H22N2O3S. The third kappa shape index (κ3) is 3.71.